The number of anilines is 1. The van der Waals surface area contributed by atoms with E-state index in [-0.39, 0.29) is 17.7 Å². The van der Waals surface area contributed by atoms with Crippen LogP contribution < -0.4 is 10.6 Å². The predicted octanol–water partition coefficient (Wildman–Crippen LogP) is 2.64. The molecule has 0 bridgehead atoms. The lowest BCUT2D eigenvalue weighted by Crippen LogP contribution is -2.53. The Morgan fingerprint density at radius 3 is 2.90 bits per heavy atom. The minimum Gasteiger partial charge on any atom is -0.508 e. The van der Waals surface area contributed by atoms with Crippen molar-refractivity contribution in [3.8, 4) is 5.75 Å². The van der Waals surface area contributed by atoms with Crippen molar-refractivity contribution < 1.29 is 9.90 Å². The van der Waals surface area contributed by atoms with Gasteiger partial charge in [-0.15, -0.1) is 0 Å². The highest BCUT2D eigenvalue weighted by atomic mass is 16.3. The smallest absolute Gasteiger partial charge is 0.241 e. The summed E-state index contributed by atoms with van der Waals surface area (Å²) in [6, 6.07) is 7.11. The van der Waals surface area contributed by atoms with Gasteiger partial charge in [0.05, 0.1) is 6.04 Å². The molecule has 3 rings (SSSR count). The molecule has 3 unspecified atom stereocenters. The van der Waals surface area contributed by atoms with Crippen LogP contribution in [0.5, 0.6) is 5.75 Å². The van der Waals surface area contributed by atoms with E-state index < -0.39 is 0 Å². The van der Waals surface area contributed by atoms with E-state index >= 15 is 0 Å². The van der Waals surface area contributed by atoms with Gasteiger partial charge >= 0.3 is 0 Å². The molecule has 1 amide bonds. The highest BCUT2D eigenvalue weighted by Crippen LogP contribution is 2.32. The zero-order valence-electron chi connectivity index (χ0n) is 11.6. The van der Waals surface area contributed by atoms with Crippen LogP contribution in [-0.2, 0) is 4.79 Å². The lowest BCUT2D eigenvalue weighted by Gasteiger charge is -2.39. The first-order chi connectivity index (χ1) is 9.72. The zero-order chi connectivity index (χ0) is 13.9. The van der Waals surface area contributed by atoms with Crippen LogP contribution in [0, 0.1) is 5.92 Å². The number of phenolic OH excluding ortho intramolecular Hbond substituents is 1. The first kappa shape index (κ1) is 13.4. The van der Waals surface area contributed by atoms with Gasteiger partial charge in [0.1, 0.15) is 5.75 Å². The van der Waals surface area contributed by atoms with E-state index in [1.807, 2.05) is 0 Å². The van der Waals surface area contributed by atoms with Crippen LogP contribution in [0.15, 0.2) is 24.3 Å². The molecule has 0 aromatic heterocycles. The number of hydrogen-bond acceptors (Lipinski definition) is 3. The normalized spacial score (nSPS) is 29.5. The average molecular weight is 274 g/mol. The first-order valence-corrected chi connectivity index (χ1v) is 7.58. The van der Waals surface area contributed by atoms with Gasteiger partial charge in [0.2, 0.25) is 5.91 Å². The predicted molar refractivity (Wildman–Crippen MR) is 78.6 cm³/mol. The molecule has 1 heterocycles. The third-order valence-electron chi connectivity index (χ3n) is 4.58. The minimum absolute atomic E-state index is 0.0135. The number of fused-ring (bicyclic) bond motifs is 1. The van der Waals surface area contributed by atoms with Crippen molar-refractivity contribution in [1.82, 2.24) is 5.32 Å². The maximum Gasteiger partial charge on any atom is 0.241 e. The highest BCUT2D eigenvalue weighted by Gasteiger charge is 2.34. The molecule has 1 aromatic carbocycles. The fourth-order valence-corrected chi connectivity index (χ4v) is 3.51. The van der Waals surface area contributed by atoms with E-state index in [1.165, 1.54) is 25.7 Å². The number of nitrogens with one attached hydrogen (secondary N) is 2. The van der Waals surface area contributed by atoms with Crippen molar-refractivity contribution in [2.45, 2.75) is 50.6 Å². The van der Waals surface area contributed by atoms with E-state index in [0.717, 1.165) is 18.8 Å². The van der Waals surface area contributed by atoms with Crippen LogP contribution in [0.3, 0.4) is 0 Å². The van der Waals surface area contributed by atoms with Crippen molar-refractivity contribution in [2.24, 2.45) is 5.92 Å². The van der Waals surface area contributed by atoms with Crippen molar-refractivity contribution in [3.05, 3.63) is 24.3 Å². The molecule has 1 aliphatic heterocycles. The van der Waals surface area contributed by atoms with Gasteiger partial charge < -0.3 is 15.7 Å². The van der Waals surface area contributed by atoms with Crippen molar-refractivity contribution in [3.63, 3.8) is 0 Å². The number of piperidine rings is 1. The minimum atomic E-state index is -0.100. The maximum absolute atomic E-state index is 12.3. The second-order valence-corrected chi connectivity index (χ2v) is 5.99. The molecular weight excluding hydrogens is 252 g/mol. The SMILES string of the molecule is O=C(Nc1cccc(O)c1)C1CCC2CCCCC2N1. The fraction of sp³-hybridized carbons (Fsp3) is 0.562. The Hall–Kier alpha value is -1.55. The number of benzene rings is 1. The monoisotopic (exact) mass is 274 g/mol. The first-order valence-electron chi connectivity index (χ1n) is 7.58. The third kappa shape index (κ3) is 2.96. The molecule has 4 heteroatoms. The highest BCUT2D eigenvalue weighted by molar-refractivity contribution is 5.95. The number of rotatable bonds is 2. The second-order valence-electron chi connectivity index (χ2n) is 5.99. The van der Waals surface area contributed by atoms with Crippen LogP contribution in [0.2, 0.25) is 0 Å². The molecule has 0 spiro atoms. The van der Waals surface area contributed by atoms with E-state index in [9.17, 15) is 9.90 Å². The third-order valence-corrected chi connectivity index (χ3v) is 4.58. The number of phenols is 1. The summed E-state index contributed by atoms with van der Waals surface area (Å²) in [4.78, 5) is 12.3. The Morgan fingerprint density at radius 1 is 1.20 bits per heavy atom. The van der Waals surface area contributed by atoms with Gasteiger partial charge in [-0.1, -0.05) is 18.9 Å². The summed E-state index contributed by atoms with van der Waals surface area (Å²) in [6.45, 7) is 0. The number of hydrogen-bond donors (Lipinski definition) is 3. The molecule has 2 aliphatic rings. The number of carbonyl (C=O) groups is 1. The fourth-order valence-electron chi connectivity index (χ4n) is 3.51. The van der Waals surface area contributed by atoms with Gasteiger partial charge in [0.15, 0.2) is 0 Å². The summed E-state index contributed by atoms with van der Waals surface area (Å²) in [6.07, 6.45) is 7.17. The molecule has 3 N–H and O–H groups in total. The van der Waals surface area contributed by atoms with Gasteiger partial charge in [0, 0.05) is 17.8 Å². The molecular formula is C16H22N2O2. The summed E-state index contributed by atoms with van der Waals surface area (Å²) >= 11 is 0. The quantitative estimate of drug-likeness (QED) is 0.777. The van der Waals surface area contributed by atoms with Crippen molar-refractivity contribution >= 4 is 11.6 Å². The van der Waals surface area contributed by atoms with Gasteiger partial charge in [-0.25, -0.2) is 0 Å². The van der Waals surface area contributed by atoms with Gasteiger partial charge in [-0.2, -0.15) is 0 Å². The maximum atomic E-state index is 12.3. The van der Waals surface area contributed by atoms with Gasteiger partial charge in [-0.05, 0) is 43.7 Å². The topological polar surface area (TPSA) is 61.4 Å². The van der Waals surface area contributed by atoms with E-state index in [4.69, 9.17) is 0 Å². The summed E-state index contributed by atoms with van der Waals surface area (Å²) in [5.41, 5.74) is 0.655. The summed E-state index contributed by atoms with van der Waals surface area (Å²) in [5, 5.41) is 15.8. The van der Waals surface area contributed by atoms with Crippen molar-refractivity contribution in [1.29, 1.82) is 0 Å². The zero-order valence-corrected chi connectivity index (χ0v) is 11.6. The molecule has 108 valence electrons. The van der Waals surface area contributed by atoms with Gasteiger partial charge in [-0.3, -0.25) is 4.79 Å². The van der Waals surface area contributed by atoms with E-state index in [0.29, 0.717) is 11.7 Å². The summed E-state index contributed by atoms with van der Waals surface area (Å²) in [7, 11) is 0. The number of amides is 1. The standard InChI is InChI=1S/C16H22N2O2/c19-13-6-3-5-12(10-13)17-16(20)15-9-8-11-4-1-2-7-14(11)18-15/h3,5-6,10-11,14-15,18-19H,1-2,4,7-9H2,(H,17,20). The molecule has 1 aliphatic carbocycles. The van der Waals surface area contributed by atoms with E-state index in [2.05, 4.69) is 10.6 Å². The molecule has 1 saturated carbocycles. The van der Waals surface area contributed by atoms with Crippen LogP contribution in [0.25, 0.3) is 0 Å². The van der Waals surface area contributed by atoms with E-state index in [1.54, 1.807) is 24.3 Å². The van der Waals surface area contributed by atoms with Crippen LogP contribution in [-0.4, -0.2) is 23.1 Å². The Balaban J connectivity index is 1.60. The largest absolute Gasteiger partial charge is 0.508 e. The molecule has 0 radical (unpaired) electrons. The second kappa shape index (κ2) is 5.83. The number of carbonyl (C=O) groups excluding carboxylic acids is 1. The van der Waals surface area contributed by atoms with Crippen LogP contribution in [0.4, 0.5) is 5.69 Å². The van der Waals surface area contributed by atoms with Crippen molar-refractivity contribution in [2.75, 3.05) is 5.32 Å². The van der Waals surface area contributed by atoms with Crippen LogP contribution >= 0.6 is 0 Å². The molecule has 3 atom stereocenters. The Kier molecular flexibility index (Phi) is 3.92. The van der Waals surface area contributed by atoms with Crippen LogP contribution in [0.1, 0.15) is 38.5 Å². The lowest BCUT2D eigenvalue weighted by molar-refractivity contribution is -0.119. The number of aromatic hydroxyl groups is 1. The van der Waals surface area contributed by atoms with Gasteiger partial charge in [0.25, 0.3) is 0 Å². The molecule has 1 saturated heterocycles. The molecule has 20 heavy (non-hydrogen) atoms. The lowest BCUT2D eigenvalue weighted by atomic mass is 9.77. The Morgan fingerprint density at radius 2 is 2.05 bits per heavy atom. The Bertz CT molecular complexity index is 489. The molecule has 1 aromatic rings. The molecule has 4 nitrogen and oxygen atoms in total. The Labute approximate surface area is 119 Å². The summed E-state index contributed by atoms with van der Waals surface area (Å²) in [5.74, 6) is 0.944. The average Bonchev–Trinajstić information content (AvgIpc) is 2.47. The molecule has 2 fully saturated rings. The summed E-state index contributed by atoms with van der Waals surface area (Å²) < 4.78 is 0.